The first kappa shape index (κ1) is 10.3. The molecule has 0 aliphatic heterocycles. The molecule has 2 heterocycles. The molecule has 0 saturated carbocycles. The number of aliphatic hydroxyl groups excluding tert-OH is 1. The fourth-order valence-corrected chi connectivity index (χ4v) is 1.98. The van der Waals surface area contributed by atoms with Crippen LogP contribution in [0.3, 0.4) is 0 Å². The van der Waals surface area contributed by atoms with Crippen molar-refractivity contribution in [3.05, 3.63) is 28.5 Å². The van der Waals surface area contributed by atoms with E-state index in [1.54, 1.807) is 10.1 Å². The maximum Gasteiger partial charge on any atom is 0.104 e. The molecule has 0 aromatic carbocycles. The van der Waals surface area contributed by atoms with Crippen LogP contribution in [0.1, 0.15) is 23.2 Å². The van der Waals surface area contributed by atoms with Crippen molar-refractivity contribution in [1.29, 1.82) is 0 Å². The van der Waals surface area contributed by atoms with E-state index < -0.39 is 6.10 Å². The average molecular weight is 224 g/mol. The Kier molecular flexibility index (Phi) is 2.79. The van der Waals surface area contributed by atoms with E-state index >= 15 is 0 Å². The Hall–Kier alpha value is -1.27. The van der Waals surface area contributed by atoms with Gasteiger partial charge in [0.05, 0.1) is 5.69 Å². The molecule has 1 atom stereocenters. The molecule has 5 nitrogen and oxygen atoms in total. The number of hydrogen-bond donors (Lipinski definition) is 1. The maximum atomic E-state index is 9.86. The van der Waals surface area contributed by atoms with E-state index in [0.717, 1.165) is 11.4 Å². The van der Waals surface area contributed by atoms with Crippen LogP contribution in [-0.4, -0.2) is 24.5 Å². The molecule has 0 fully saturated rings. The molecule has 0 bridgehead atoms. The van der Waals surface area contributed by atoms with E-state index in [1.165, 1.54) is 11.5 Å². The fraction of sp³-hybridized carbons (Fsp3) is 0.444. The van der Waals surface area contributed by atoms with Gasteiger partial charge in [-0.15, -0.1) is 5.10 Å². The Labute approximate surface area is 91.5 Å². The van der Waals surface area contributed by atoms with Gasteiger partial charge in [0.1, 0.15) is 11.8 Å². The zero-order chi connectivity index (χ0) is 10.8. The minimum atomic E-state index is -0.599. The fourth-order valence-electron chi connectivity index (χ4n) is 1.47. The summed E-state index contributed by atoms with van der Waals surface area (Å²) in [6.45, 7) is 1.93. The molecule has 0 amide bonds. The van der Waals surface area contributed by atoms with Crippen LogP contribution in [0, 0.1) is 6.92 Å². The normalized spacial score (nSPS) is 13.0. The Morgan fingerprint density at radius 1 is 1.60 bits per heavy atom. The molecule has 80 valence electrons. The Balaban J connectivity index is 2.12. The zero-order valence-electron chi connectivity index (χ0n) is 8.58. The molecule has 1 unspecified atom stereocenters. The third-order valence-electron chi connectivity index (χ3n) is 2.22. The summed E-state index contributed by atoms with van der Waals surface area (Å²) in [5, 5.41) is 19.7. The van der Waals surface area contributed by atoms with Gasteiger partial charge < -0.3 is 5.11 Å². The Morgan fingerprint density at radius 2 is 2.40 bits per heavy atom. The third kappa shape index (κ3) is 2.21. The highest BCUT2D eigenvalue weighted by Gasteiger charge is 2.13. The lowest BCUT2D eigenvalue weighted by atomic mass is 10.1. The monoisotopic (exact) mass is 224 g/mol. The lowest BCUT2D eigenvalue weighted by molar-refractivity contribution is 0.171. The largest absolute Gasteiger partial charge is 0.386 e. The van der Waals surface area contributed by atoms with E-state index in [0.29, 0.717) is 12.1 Å². The van der Waals surface area contributed by atoms with Crippen LogP contribution in [0.2, 0.25) is 0 Å². The first-order valence-corrected chi connectivity index (χ1v) is 5.45. The highest BCUT2D eigenvalue weighted by molar-refractivity contribution is 7.03. The van der Waals surface area contributed by atoms with Gasteiger partial charge in [-0.25, -0.2) is 0 Å². The van der Waals surface area contributed by atoms with Crippen molar-refractivity contribution in [2.24, 2.45) is 7.05 Å². The van der Waals surface area contributed by atoms with Crippen molar-refractivity contribution < 1.29 is 5.11 Å². The van der Waals surface area contributed by atoms with E-state index in [1.807, 2.05) is 20.0 Å². The van der Waals surface area contributed by atoms with Gasteiger partial charge in [0.15, 0.2) is 0 Å². The summed E-state index contributed by atoms with van der Waals surface area (Å²) in [7, 11) is 1.87. The molecule has 0 aliphatic carbocycles. The highest BCUT2D eigenvalue weighted by Crippen LogP contribution is 2.17. The number of aliphatic hydroxyl groups is 1. The maximum absolute atomic E-state index is 9.86. The van der Waals surface area contributed by atoms with Gasteiger partial charge in [0.2, 0.25) is 0 Å². The van der Waals surface area contributed by atoms with E-state index in [9.17, 15) is 5.11 Å². The van der Waals surface area contributed by atoms with Crippen LogP contribution in [0.15, 0.2) is 11.4 Å². The second-order valence-corrected chi connectivity index (χ2v) is 4.06. The number of rotatable bonds is 3. The van der Waals surface area contributed by atoms with E-state index in [4.69, 9.17) is 0 Å². The van der Waals surface area contributed by atoms with Gasteiger partial charge >= 0.3 is 0 Å². The van der Waals surface area contributed by atoms with Gasteiger partial charge in [-0.05, 0) is 24.5 Å². The van der Waals surface area contributed by atoms with Crippen molar-refractivity contribution in [2.75, 3.05) is 0 Å². The Bertz CT molecular complexity index is 437. The van der Waals surface area contributed by atoms with E-state index in [2.05, 4.69) is 14.7 Å². The van der Waals surface area contributed by atoms with Crippen LogP contribution in [0.5, 0.6) is 0 Å². The van der Waals surface area contributed by atoms with Crippen molar-refractivity contribution >= 4 is 11.5 Å². The molecular weight excluding hydrogens is 212 g/mol. The van der Waals surface area contributed by atoms with Crippen LogP contribution in [-0.2, 0) is 13.5 Å². The smallest absolute Gasteiger partial charge is 0.104 e. The topological polar surface area (TPSA) is 63.8 Å². The van der Waals surface area contributed by atoms with Crippen LogP contribution < -0.4 is 0 Å². The number of nitrogens with zero attached hydrogens (tertiary/aromatic N) is 4. The molecule has 0 saturated heterocycles. The second kappa shape index (κ2) is 4.08. The minimum absolute atomic E-state index is 0.517. The van der Waals surface area contributed by atoms with Crippen molar-refractivity contribution in [2.45, 2.75) is 19.4 Å². The predicted molar refractivity (Wildman–Crippen MR) is 56.5 cm³/mol. The average Bonchev–Trinajstić information content (AvgIpc) is 2.76. The molecule has 1 N–H and O–H groups in total. The van der Waals surface area contributed by atoms with E-state index in [-0.39, 0.29) is 0 Å². The van der Waals surface area contributed by atoms with Crippen LogP contribution >= 0.6 is 11.5 Å². The van der Waals surface area contributed by atoms with Gasteiger partial charge in [-0.2, -0.15) is 5.10 Å². The van der Waals surface area contributed by atoms with Crippen LogP contribution in [0.4, 0.5) is 0 Å². The summed E-state index contributed by atoms with van der Waals surface area (Å²) in [6.07, 6.45) is -0.0819. The lowest BCUT2D eigenvalue weighted by Crippen LogP contribution is -2.06. The minimum Gasteiger partial charge on any atom is -0.386 e. The lowest BCUT2D eigenvalue weighted by Gasteiger charge is -2.06. The molecule has 2 rings (SSSR count). The molecule has 0 radical (unpaired) electrons. The second-order valence-electron chi connectivity index (χ2n) is 3.45. The summed E-state index contributed by atoms with van der Waals surface area (Å²) in [5.74, 6) is 0. The first-order chi connectivity index (χ1) is 7.16. The van der Waals surface area contributed by atoms with Gasteiger partial charge in [0.25, 0.3) is 0 Å². The predicted octanol–water partition coefficient (Wildman–Crippen LogP) is 0.856. The molecule has 15 heavy (non-hydrogen) atoms. The quantitative estimate of drug-likeness (QED) is 0.839. The van der Waals surface area contributed by atoms with Gasteiger partial charge in [-0.3, -0.25) is 4.68 Å². The standard InChI is InChI=1S/C9H12N4OS/c1-6-3-7(13(2)11-6)4-9(14)8-5-15-12-10-8/h3,5,9,14H,4H2,1-2H3. The molecular formula is C9H12N4OS. The summed E-state index contributed by atoms with van der Waals surface area (Å²) in [5.41, 5.74) is 2.57. The number of hydrogen-bond acceptors (Lipinski definition) is 5. The third-order valence-corrected chi connectivity index (χ3v) is 2.74. The van der Waals surface area contributed by atoms with Crippen LogP contribution in [0.25, 0.3) is 0 Å². The number of aryl methyl sites for hydroxylation is 2. The zero-order valence-corrected chi connectivity index (χ0v) is 9.40. The van der Waals surface area contributed by atoms with Gasteiger partial charge in [-0.1, -0.05) is 4.49 Å². The highest BCUT2D eigenvalue weighted by atomic mass is 32.1. The van der Waals surface area contributed by atoms with Gasteiger partial charge in [0, 0.05) is 24.5 Å². The molecule has 0 spiro atoms. The number of aromatic nitrogens is 4. The molecule has 2 aromatic rings. The SMILES string of the molecule is Cc1cc(CC(O)c2csnn2)n(C)n1. The summed E-state index contributed by atoms with van der Waals surface area (Å²) in [4.78, 5) is 0. The molecule has 0 aliphatic rings. The summed E-state index contributed by atoms with van der Waals surface area (Å²) in [6, 6.07) is 1.96. The summed E-state index contributed by atoms with van der Waals surface area (Å²) >= 11 is 1.24. The first-order valence-electron chi connectivity index (χ1n) is 4.61. The summed E-state index contributed by atoms with van der Waals surface area (Å²) < 4.78 is 5.50. The molecule has 6 heteroatoms. The molecule has 2 aromatic heterocycles. The Morgan fingerprint density at radius 3 is 2.93 bits per heavy atom. The van der Waals surface area contributed by atoms with Crippen molar-refractivity contribution in [3.8, 4) is 0 Å². The van der Waals surface area contributed by atoms with Crippen molar-refractivity contribution in [3.63, 3.8) is 0 Å². The van der Waals surface area contributed by atoms with Crippen molar-refractivity contribution in [1.82, 2.24) is 19.4 Å².